The molecule has 2 aromatic rings. The van der Waals surface area contributed by atoms with Crippen LogP contribution in [0.2, 0.25) is 0 Å². The van der Waals surface area contributed by atoms with Crippen molar-refractivity contribution in [3.63, 3.8) is 0 Å². The van der Waals surface area contributed by atoms with Crippen molar-refractivity contribution in [3.8, 4) is 0 Å². The van der Waals surface area contributed by atoms with E-state index < -0.39 is 5.91 Å². The van der Waals surface area contributed by atoms with Gasteiger partial charge in [-0.2, -0.15) is 0 Å². The number of aryl methyl sites for hydroxylation is 1. The van der Waals surface area contributed by atoms with Crippen LogP contribution in [-0.4, -0.2) is 35.6 Å². The van der Waals surface area contributed by atoms with Gasteiger partial charge in [0.15, 0.2) is 11.5 Å². The molecular weight excluding hydrogens is 380 g/mol. The molecule has 158 valence electrons. The van der Waals surface area contributed by atoms with Crippen LogP contribution in [0.4, 0.5) is 5.69 Å². The number of anilines is 1. The first-order valence-electron chi connectivity index (χ1n) is 10.5. The summed E-state index contributed by atoms with van der Waals surface area (Å²) in [5.74, 6) is 0.240. The monoisotopic (exact) mass is 408 g/mol. The summed E-state index contributed by atoms with van der Waals surface area (Å²) in [6.45, 7) is 9.14. The number of nitrogens with zero attached hydrogens (tertiary/aromatic N) is 1. The van der Waals surface area contributed by atoms with Crippen LogP contribution >= 0.6 is 0 Å². The van der Waals surface area contributed by atoms with E-state index in [4.69, 9.17) is 4.42 Å². The number of Topliss-reactive ketones (excluding diaryl/α,β-unsaturated/α-hetero) is 1. The summed E-state index contributed by atoms with van der Waals surface area (Å²) < 4.78 is 5.89. The van der Waals surface area contributed by atoms with Crippen LogP contribution in [0.25, 0.3) is 0 Å². The Labute approximate surface area is 176 Å². The fourth-order valence-corrected chi connectivity index (χ4v) is 4.57. The van der Waals surface area contributed by atoms with Crippen LogP contribution in [-0.2, 0) is 6.42 Å². The Morgan fingerprint density at radius 1 is 1.10 bits per heavy atom. The Balaban J connectivity index is 1.66. The number of likely N-dealkylation sites (tertiary alicyclic amines) is 1. The largest absolute Gasteiger partial charge is 0.455 e. The molecule has 1 aliphatic heterocycles. The third-order valence-electron chi connectivity index (χ3n) is 6.12. The first kappa shape index (κ1) is 20.4. The highest BCUT2D eigenvalue weighted by atomic mass is 16.4. The number of rotatable bonds is 3. The van der Waals surface area contributed by atoms with Crippen LogP contribution in [0, 0.1) is 19.3 Å². The second-order valence-electron chi connectivity index (χ2n) is 9.25. The van der Waals surface area contributed by atoms with Gasteiger partial charge in [-0.3, -0.25) is 14.4 Å². The van der Waals surface area contributed by atoms with E-state index in [1.54, 1.807) is 13.0 Å². The quantitative estimate of drug-likeness (QED) is 0.809. The molecule has 1 aromatic heterocycles. The van der Waals surface area contributed by atoms with E-state index in [0.717, 1.165) is 31.5 Å². The number of hydrogen-bond acceptors (Lipinski definition) is 4. The molecule has 0 atom stereocenters. The summed E-state index contributed by atoms with van der Waals surface area (Å²) in [6.07, 6.45) is 3.06. The first-order valence-corrected chi connectivity index (χ1v) is 10.5. The molecule has 4 rings (SSSR count). The Morgan fingerprint density at radius 3 is 2.50 bits per heavy atom. The number of fused-ring (bicyclic) bond motifs is 1. The van der Waals surface area contributed by atoms with Gasteiger partial charge in [-0.05, 0) is 43.7 Å². The molecule has 0 unspecified atom stereocenters. The van der Waals surface area contributed by atoms with Crippen molar-refractivity contribution < 1.29 is 18.8 Å². The maximum atomic E-state index is 13.1. The van der Waals surface area contributed by atoms with Gasteiger partial charge in [0.25, 0.3) is 11.8 Å². The lowest BCUT2D eigenvalue weighted by Crippen LogP contribution is -2.29. The van der Waals surface area contributed by atoms with E-state index in [0.29, 0.717) is 41.0 Å². The highest BCUT2D eigenvalue weighted by Gasteiger charge is 2.37. The van der Waals surface area contributed by atoms with E-state index in [2.05, 4.69) is 5.32 Å². The fourth-order valence-electron chi connectivity index (χ4n) is 4.57. The zero-order valence-corrected chi connectivity index (χ0v) is 18.1. The highest BCUT2D eigenvalue weighted by molar-refractivity contribution is 6.11. The van der Waals surface area contributed by atoms with E-state index in [-0.39, 0.29) is 22.9 Å². The third-order valence-corrected chi connectivity index (χ3v) is 6.12. The molecule has 0 spiro atoms. The number of carbonyl (C=O) groups is 3. The van der Waals surface area contributed by atoms with Gasteiger partial charge in [0.05, 0.1) is 16.8 Å². The van der Waals surface area contributed by atoms with Gasteiger partial charge >= 0.3 is 0 Å². The predicted molar refractivity (Wildman–Crippen MR) is 114 cm³/mol. The minimum atomic E-state index is -0.433. The SMILES string of the molecule is Cc1cccc(C(=O)N2CCCC2)c1NC(=O)c1oc2c(c1C)C(=O)CC(C)(C)C2. The highest BCUT2D eigenvalue weighted by Crippen LogP contribution is 2.38. The molecule has 30 heavy (non-hydrogen) atoms. The Kier molecular flexibility index (Phi) is 5.04. The molecule has 2 aliphatic rings. The molecule has 6 heteroatoms. The molecule has 1 fully saturated rings. The van der Waals surface area contributed by atoms with E-state index >= 15 is 0 Å². The molecule has 1 N–H and O–H groups in total. The molecule has 6 nitrogen and oxygen atoms in total. The average molecular weight is 408 g/mol. The minimum absolute atomic E-state index is 0.0161. The van der Waals surface area contributed by atoms with Gasteiger partial charge in [0.1, 0.15) is 5.76 Å². The number of benzene rings is 1. The van der Waals surface area contributed by atoms with Crippen molar-refractivity contribution in [3.05, 3.63) is 52.0 Å². The average Bonchev–Trinajstić information content (AvgIpc) is 3.30. The molecular formula is C24H28N2O4. The summed E-state index contributed by atoms with van der Waals surface area (Å²) in [4.78, 5) is 40.6. The van der Waals surface area contributed by atoms with Crippen LogP contribution in [0.5, 0.6) is 0 Å². The second kappa shape index (κ2) is 7.42. The molecule has 0 radical (unpaired) electrons. The summed E-state index contributed by atoms with van der Waals surface area (Å²) in [6, 6.07) is 5.43. The number of amides is 2. The molecule has 0 saturated carbocycles. The minimum Gasteiger partial charge on any atom is -0.455 e. The van der Waals surface area contributed by atoms with Crippen molar-refractivity contribution in [1.29, 1.82) is 0 Å². The lowest BCUT2D eigenvalue weighted by molar-refractivity contribution is 0.0793. The molecule has 1 aromatic carbocycles. The molecule has 2 heterocycles. The van der Waals surface area contributed by atoms with Crippen LogP contribution < -0.4 is 5.32 Å². The van der Waals surface area contributed by atoms with Gasteiger partial charge in [-0.25, -0.2) is 0 Å². The normalized spacial score (nSPS) is 17.7. The van der Waals surface area contributed by atoms with E-state index in [1.807, 2.05) is 37.8 Å². The number of nitrogens with one attached hydrogen (secondary N) is 1. The van der Waals surface area contributed by atoms with Gasteiger partial charge in [-0.15, -0.1) is 0 Å². The number of ketones is 1. The van der Waals surface area contributed by atoms with Crippen molar-refractivity contribution in [2.45, 2.75) is 53.4 Å². The Hall–Kier alpha value is -2.89. The molecule has 1 saturated heterocycles. The summed E-state index contributed by atoms with van der Waals surface area (Å²) in [7, 11) is 0. The predicted octanol–water partition coefficient (Wildman–Crippen LogP) is 4.54. The van der Waals surface area contributed by atoms with Gasteiger partial charge in [0, 0.05) is 31.5 Å². The molecule has 0 bridgehead atoms. The van der Waals surface area contributed by atoms with E-state index in [1.165, 1.54) is 0 Å². The zero-order valence-electron chi connectivity index (χ0n) is 18.1. The smallest absolute Gasteiger partial charge is 0.291 e. The topological polar surface area (TPSA) is 79.6 Å². The van der Waals surface area contributed by atoms with Crippen LogP contribution in [0.3, 0.4) is 0 Å². The number of hydrogen-bond donors (Lipinski definition) is 1. The standard InChI is InChI=1S/C24H28N2O4/c1-14-8-7-9-16(23(29)26-10-5-6-11-26)20(14)25-22(28)21-15(2)19-17(27)12-24(3,4)13-18(19)30-21/h7-9H,5-6,10-13H2,1-4H3,(H,25,28). The molecule has 1 aliphatic carbocycles. The van der Waals surface area contributed by atoms with Gasteiger partial charge in [0.2, 0.25) is 0 Å². The molecule has 2 amide bonds. The first-order chi connectivity index (χ1) is 14.2. The van der Waals surface area contributed by atoms with Crippen molar-refractivity contribution in [1.82, 2.24) is 4.90 Å². The maximum Gasteiger partial charge on any atom is 0.291 e. The number of furan rings is 1. The van der Waals surface area contributed by atoms with Gasteiger partial charge in [-0.1, -0.05) is 26.0 Å². The van der Waals surface area contributed by atoms with Crippen LogP contribution in [0.15, 0.2) is 22.6 Å². The van der Waals surface area contributed by atoms with E-state index in [9.17, 15) is 14.4 Å². The Bertz CT molecular complexity index is 1040. The fraction of sp³-hybridized carbons (Fsp3) is 0.458. The third kappa shape index (κ3) is 3.55. The summed E-state index contributed by atoms with van der Waals surface area (Å²) in [5.41, 5.74) is 2.71. The van der Waals surface area contributed by atoms with Crippen LogP contribution in [0.1, 0.15) is 81.3 Å². The zero-order chi connectivity index (χ0) is 21.6. The Morgan fingerprint density at radius 2 is 1.80 bits per heavy atom. The number of para-hydroxylation sites is 1. The van der Waals surface area contributed by atoms with Crippen molar-refractivity contribution >= 4 is 23.3 Å². The second-order valence-corrected chi connectivity index (χ2v) is 9.25. The number of carbonyl (C=O) groups excluding carboxylic acids is 3. The lowest BCUT2D eigenvalue weighted by atomic mass is 9.76. The van der Waals surface area contributed by atoms with Crippen molar-refractivity contribution in [2.24, 2.45) is 5.41 Å². The summed E-state index contributed by atoms with van der Waals surface area (Å²) in [5, 5.41) is 2.89. The van der Waals surface area contributed by atoms with Crippen molar-refractivity contribution in [2.75, 3.05) is 18.4 Å². The maximum absolute atomic E-state index is 13.1. The lowest BCUT2D eigenvalue weighted by Gasteiger charge is -2.27. The summed E-state index contributed by atoms with van der Waals surface area (Å²) >= 11 is 0. The van der Waals surface area contributed by atoms with Gasteiger partial charge < -0.3 is 14.6 Å².